The third-order valence-corrected chi connectivity index (χ3v) is 2.44. The van der Waals surface area contributed by atoms with E-state index < -0.39 is 0 Å². The third kappa shape index (κ3) is 4.06. The van der Waals surface area contributed by atoms with Gasteiger partial charge in [-0.25, -0.2) is 0 Å². The molecule has 1 amide bonds. The lowest BCUT2D eigenvalue weighted by Crippen LogP contribution is -2.36. The summed E-state index contributed by atoms with van der Waals surface area (Å²) < 4.78 is 5.44. The summed E-state index contributed by atoms with van der Waals surface area (Å²) in [6, 6.07) is 3.90. The summed E-state index contributed by atoms with van der Waals surface area (Å²) in [7, 11) is 1.81. The van der Waals surface area contributed by atoms with Crippen LogP contribution in [0.2, 0.25) is 0 Å². The maximum atomic E-state index is 11.6. The first-order valence-electron chi connectivity index (χ1n) is 5.63. The van der Waals surface area contributed by atoms with Crippen LogP contribution in [0, 0.1) is 6.92 Å². The van der Waals surface area contributed by atoms with Crippen molar-refractivity contribution in [1.29, 1.82) is 0 Å². The molecule has 0 aliphatic heterocycles. The van der Waals surface area contributed by atoms with E-state index in [0.29, 0.717) is 13.1 Å². The van der Waals surface area contributed by atoms with Gasteiger partial charge in [0.1, 0.15) is 11.5 Å². The van der Waals surface area contributed by atoms with E-state index in [0.717, 1.165) is 24.5 Å². The van der Waals surface area contributed by atoms with Gasteiger partial charge in [-0.3, -0.25) is 4.79 Å². The maximum absolute atomic E-state index is 11.6. The number of carbonyl (C=O) groups is 1. The molecule has 0 radical (unpaired) electrons. The normalized spacial score (nSPS) is 10.4. The number of aryl methyl sites for hydroxylation is 1. The molecule has 4 nitrogen and oxygen atoms in total. The highest BCUT2D eigenvalue weighted by atomic mass is 16.3. The first kappa shape index (κ1) is 12.8. The van der Waals surface area contributed by atoms with E-state index in [2.05, 4.69) is 5.32 Å². The minimum absolute atomic E-state index is 0.116. The highest BCUT2D eigenvalue weighted by molar-refractivity contribution is 5.77. The van der Waals surface area contributed by atoms with Gasteiger partial charge < -0.3 is 14.6 Å². The van der Waals surface area contributed by atoms with Crippen molar-refractivity contribution >= 4 is 5.91 Å². The Kier molecular flexibility index (Phi) is 5.05. The van der Waals surface area contributed by atoms with Gasteiger partial charge in [0.15, 0.2) is 0 Å². The molecule has 4 heteroatoms. The van der Waals surface area contributed by atoms with Gasteiger partial charge in [-0.2, -0.15) is 0 Å². The van der Waals surface area contributed by atoms with Crippen LogP contribution >= 0.6 is 0 Å². The largest absolute Gasteiger partial charge is 0.466 e. The molecule has 0 unspecified atom stereocenters. The van der Waals surface area contributed by atoms with Crippen LogP contribution in [-0.4, -0.2) is 37.5 Å². The SMILES string of the molecule is CCNCC(=O)N(C)CCc1ccc(C)o1. The Balaban J connectivity index is 2.29. The molecule has 0 fully saturated rings. The lowest BCUT2D eigenvalue weighted by Gasteiger charge is -2.16. The van der Waals surface area contributed by atoms with Crippen LogP contribution in [0.3, 0.4) is 0 Å². The Labute approximate surface area is 96.6 Å². The standard InChI is InChI=1S/C12H20N2O2/c1-4-13-9-12(15)14(3)8-7-11-6-5-10(2)16-11/h5-6,13H,4,7-9H2,1-3H3. The molecular formula is C12H20N2O2. The van der Waals surface area contributed by atoms with Crippen molar-refractivity contribution in [3.63, 3.8) is 0 Å². The minimum atomic E-state index is 0.116. The van der Waals surface area contributed by atoms with E-state index in [4.69, 9.17) is 4.42 Å². The Morgan fingerprint density at radius 2 is 2.25 bits per heavy atom. The maximum Gasteiger partial charge on any atom is 0.236 e. The Hall–Kier alpha value is -1.29. The monoisotopic (exact) mass is 224 g/mol. The number of likely N-dealkylation sites (N-methyl/N-ethyl adjacent to an activating group) is 2. The zero-order valence-corrected chi connectivity index (χ0v) is 10.2. The molecule has 0 saturated carbocycles. The first-order chi connectivity index (χ1) is 7.63. The topological polar surface area (TPSA) is 45.5 Å². The van der Waals surface area contributed by atoms with Gasteiger partial charge in [0.2, 0.25) is 5.91 Å². The van der Waals surface area contributed by atoms with Crippen molar-refractivity contribution in [2.45, 2.75) is 20.3 Å². The number of nitrogens with zero attached hydrogens (tertiary/aromatic N) is 1. The Morgan fingerprint density at radius 3 is 2.81 bits per heavy atom. The lowest BCUT2D eigenvalue weighted by molar-refractivity contribution is -0.128. The van der Waals surface area contributed by atoms with Gasteiger partial charge in [-0.15, -0.1) is 0 Å². The number of rotatable bonds is 6. The minimum Gasteiger partial charge on any atom is -0.466 e. The van der Waals surface area contributed by atoms with E-state index in [9.17, 15) is 4.79 Å². The van der Waals surface area contributed by atoms with Crippen molar-refractivity contribution < 1.29 is 9.21 Å². The summed E-state index contributed by atoms with van der Waals surface area (Å²) in [4.78, 5) is 13.3. The molecule has 1 aromatic heterocycles. The van der Waals surface area contributed by atoms with E-state index >= 15 is 0 Å². The van der Waals surface area contributed by atoms with Gasteiger partial charge >= 0.3 is 0 Å². The molecule has 0 spiro atoms. The molecule has 0 aromatic carbocycles. The number of amides is 1. The fourth-order valence-corrected chi connectivity index (χ4v) is 1.39. The molecule has 1 rings (SSSR count). The lowest BCUT2D eigenvalue weighted by atomic mass is 10.3. The van der Waals surface area contributed by atoms with Crippen LogP contribution in [0.4, 0.5) is 0 Å². The summed E-state index contributed by atoms with van der Waals surface area (Å²) in [5.74, 6) is 1.96. The smallest absolute Gasteiger partial charge is 0.236 e. The quantitative estimate of drug-likeness (QED) is 0.789. The van der Waals surface area contributed by atoms with Crippen molar-refractivity contribution in [2.24, 2.45) is 0 Å². The number of hydrogen-bond donors (Lipinski definition) is 1. The number of furan rings is 1. The molecule has 1 heterocycles. The molecule has 16 heavy (non-hydrogen) atoms. The molecule has 0 atom stereocenters. The molecule has 0 saturated heterocycles. The number of nitrogens with one attached hydrogen (secondary N) is 1. The van der Waals surface area contributed by atoms with Crippen molar-refractivity contribution in [2.75, 3.05) is 26.7 Å². The average molecular weight is 224 g/mol. The molecule has 1 aromatic rings. The van der Waals surface area contributed by atoms with Crippen LogP contribution in [0.1, 0.15) is 18.4 Å². The summed E-state index contributed by atoms with van der Waals surface area (Å²) in [6.07, 6.45) is 0.766. The predicted octanol–water partition coefficient (Wildman–Crippen LogP) is 1.20. The summed E-state index contributed by atoms with van der Waals surface area (Å²) in [5.41, 5.74) is 0. The van der Waals surface area contributed by atoms with Crippen LogP contribution in [0.15, 0.2) is 16.5 Å². The second-order valence-corrected chi connectivity index (χ2v) is 3.86. The van der Waals surface area contributed by atoms with E-state index in [1.807, 2.05) is 33.0 Å². The van der Waals surface area contributed by atoms with Gasteiger partial charge in [-0.1, -0.05) is 6.92 Å². The fraction of sp³-hybridized carbons (Fsp3) is 0.583. The zero-order valence-electron chi connectivity index (χ0n) is 10.2. The predicted molar refractivity (Wildman–Crippen MR) is 63.3 cm³/mol. The molecule has 0 bridgehead atoms. The molecule has 1 N–H and O–H groups in total. The van der Waals surface area contributed by atoms with Crippen molar-refractivity contribution in [3.05, 3.63) is 23.7 Å². The molecule has 0 aliphatic carbocycles. The van der Waals surface area contributed by atoms with E-state index in [-0.39, 0.29) is 5.91 Å². The molecule has 0 aliphatic rings. The second-order valence-electron chi connectivity index (χ2n) is 3.86. The summed E-state index contributed by atoms with van der Waals surface area (Å²) in [5, 5.41) is 3.02. The number of hydrogen-bond acceptors (Lipinski definition) is 3. The van der Waals surface area contributed by atoms with Crippen LogP contribution in [-0.2, 0) is 11.2 Å². The fourth-order valence-electron chi connectivity index (χ4n) is 1.39. The number of carbonyl (C=O) groups excluding carboxylic acids is 1. The average Bonchev–Trinajstić information content (AvgIpc) is 2.68. The second kappa shape index (κ2) is 6.33. The van der Waals surface area contributed by atoms with Gasteiger partial charge in [0.05, 0.1) is 6.54 Å². The highest BCUT2D eigenvalue weighted by Crippen LogP contribution is 2.07. The zero-order chi connectivity index (χ0) is 12.0. The van der Waals surface area contributed by atoms with Gasteiger partial charge in [-0.05, 0) is 25.6 Å². The van der Waals surface area contributed by atoms with E-state index in [1.54, 1.807) is 4.90 Å². The van der Waals surface area contributed by atoms with Crippen molar-refractivity contribution in [1.82, 2.24) is 10.2 Å². The molecule has 90 valence electrons. The first-order valence-corrected chi connectivity index (χ1v) is 5.63. The van der Waals surface area contributed by atoms with Crippen LogP contribution in [0.25, 0.3) is 0 Å². The van der Waals surface area contributed by atoms with Crippen LogP contribution in [0.5, 0.6) is 0 Å². The highest BCUT2D eigenvalue weighted by Gasteiger charge is 2.08. The summed E-state index contributed by atoms with van der Waals surface area (Å²) >= 11 is 0. The Morgan fingerprint density at radius 1 is 1.50 bits per heavy atom. The third-order valence-electron chi connectivity index (χ3n) is 2.44. The Bertz CT molecular complexity index is 334. The summed E-state index contributed by atoms with van der Waals surface area (Å²) in [6.45, 7) is 5.82. The van der Waals surface area contributed by atoms with Crippen molar-refractivity contribution in [3.8, 4) is 0 Å². The molecular weight excluding hydrogens is 204 g/mol. The van der Waals surface area contributed by atoms with E-state index in [1.165, 1.54) is 0 Å². The van der Waals surface area contributed by atoms with Crippen LogP contribution < -0.4 is 5.32 Å². The van der Waals surface area contributed by atoms with Gasteiger partial charge in [0, 0.05) is 20.0 Å². The van der Waals surface area contributed by atoms with Gasteiger partial charge in [0.25, 0.3) is 0 Å².